The van der Waals surface area contributed by atoms with Crippen LogP contribution in [0.1, 0.15) is 5.89 Å². The van der Waals surface area contributed by atoms with Crippen molar-refractivity contribution in [1.29, 1.82) is 0 Å². The lowest BCUT2D eigenvalue weighted by molar-refractivity contribution is -0.00754. The standard InChI is InChI=1S/C7H7F2N5O2/c8-6(9)4(15)1-5-11-7(13-16-5)3-2-10-14-12-3/h2,4,6,15H,1H2,(H,10,12,14). The van der Waals surface area contributed by atoms with Crippen molar-refractivity contribution in [3.63, 3.8) is 0 Å². The van der Waals surface area contributed by atoms with Gasteiger partial charge in [0.1, 0.15) is 6.10 Å². The number of aromatic nitrogens is 5. The molecule has 1 unspecified atom stereocenters. The van der Waals surface area contributed by atoms with Crippen molar-refractivity contribution in [1.82, 2.24) is 25.6 Å². The molecule has 0 fully saturated rings. The van der Waals surface area contributed by atoms with Crippen LogP contribution in [0.15, 0.2) is 10.7 Å². The van der Waals surface area contributed by atoms with Gasteiger partial charge < -0.3 is 9.63 Å². The van der Waals surface area contributed by atoms with E-state index in [4.69, 9.17) is 5.11 Å². The number of alkyl halides is 2. The molecule has 0 aliphatic rings. The first-order valence-electron chi connectivity index (χ1n) is 4.31. The second-order valence-corrected chi connectivity index (χ2v) is 2.97. The Hall–Kier alpha value is -1.90. The molecule has 0 aliphatic carbocycles. The molecule has 0 aliphatic heterocycles. The summed E-state index contributed by atoms with van der Waals surface area (Å²) in [5.41, 5.74) is 0.335. The van der Waals surface area contributed by atoms with Gasteiger partial charge in [-0.1, -0.05) is 5.16 Å². The topological polar surface area (TPSA) is 101 Å². The molecule has 7 nitrogen and oxygen atoms in total. The van der Waals surface area contributed by atoms with Crippen molar-refractivity contribution >= 4 is 0 Å². The first-order valence-corrected chi connectivity index (χ1v) is 4.31. The van der Waals surface area contributed by atoms with Gasteiger partial charge in [0.25, 0.3) is 6.43 Å². The maximum Gasteiger partial charge on any atom is 0.264 e. The summed E-state index contributed by atoms with van der Waals surface area (Å²) in [6.45, 7) is 0. The van der Waals surface area contributed by atoms with Crippen LogP contribution in [0, 0.1) is 0 Å². The monoisotopic (exact) mass is 231 g/mol. The minimum atomic E-state index is -2.84. The van der Waals surface area contributed by atoms with Crippen LogP contribution in [0.5, 0.6) is 0 Å². The number of rotatable bonds is 4. The molecule has 9 heteroatoms. The lowest BCUT2D eigenvalue weighted by Gasteiger charge is -2.04. The first kappa shape index (κ1) is 10.6. The Morgan fingerprint density at radius 1 is 1.50 bits per heavy atom. The van der Waals surface area contributed by atoms with E-state index >= 15 is 0 Å². The number of hydrogen-bond acceptors (Lipinski definition) is 6. The van der Waals surface area contributed by atoms with Gasteiger partial charge in [-0.25, -0.2) is 8.78 Å². The molecule has 2 rings (SSSR count). The van der Waals surface area contributed by atoms with Gasteiger partial charge >= 0.3 is 0 Å². The van der Waals surface area contributed by atoms with Gasteiger partial charge in [-0.05, 0) is 0 Å². The Morgan fingerprint density at radius 3 is 2.94 bits per heavy atom. The number of aliphatic hydroxyl groups is 1. The molecule has 0 amide bonds. The minimum Gasteiger partial charge on any atom is -0.387 e. The highest BCUT2D eigenvalue weighted by Gasteiger charge is 2.21. The van der Waals surface area contributed by atoms with Gasteiger partial charge in [0, 0.05) is 0 Å². The summed E-state index contributed by atoms with van der Waals surface area (Å²) in [6.07, 6.45) is -3.70. The van der Waals surface area contributed by atoms with Crippen molar-refractivity contribution in [3.8, 4) is 11.5 Å². The number of hydrogen-bond donors (Lipinski definition) is 2. The van der Waals surface area contributed by atoms with Crippen molar-refractivity contribution in [2.75, 3.05) is 0 Å². The highest BCUT2D eigenvalue weighted by Crippen LogP contribution is 2.13. The number of nitrogens with zero attached hydrogens (tertiary/aromatic N) is 4. The number of H-pyrrole nitrogens is 1. The second kappa shape index (κ2) is 4.31. The molecular weight excluding hydrogens is 224 g/mol. The highest BCUT2D eigenvalue weighted by molar-refractivity contribution is 5.44. The van der Waals surface area contributed by atoms with Crippen LogP contribution in [0.3, 0.4) is 0 Å². The summed E-state index contributed by atoms with van der Waals surface area (Å²) >= 11 is 0. The zero-order valence-electron chi connectivity index (χ0n) is 7.84. The second-order valence-electron chi connectivity index (χ2n) is 2.97. The molecule has 2 aromatic rings. The molecule has 2 N–H and O–H groups in total. The molecule has 0 saturated carbocycles. The molecule has 16 heavy (non-hydrogen) atoms. The van der Waals surface area contributed by atoms with E-state index in [0.717, 1.165) is 0 Å². The predicted molar refractivity (Wildman–Crippen MR) is 45.4 cm³/mol. The van der Waals surface area contributed by atoms with E-state index in [9.17, 15) is 8.78 Å². The Kier molecular flexibility index (Phi) is 2.86. The van der Waals surface area contributed by atoms with Gasteiger partial charge in [0.05, 0.1) is 12.6 Å². The zero-order chi connectivity index (χ0) is 11.5. The third kappa shape index (κ3) is 2.19. The molecule has 0 bridgehead atoms. The quantitative estimate of drug-likeness (QED) is 0.769. The summed E-state index contributed by atoms with van der Waals surface area (Å²) in [5.74, 6) is 0.0519. The summed E-state index contributed by atoms with van der Waals surface area (Å²) in [7, 11) is 0. The third-order valence-electron chi connectivity index (χ3n) is 1.79. The van der Waals surface area contributed by atoms with Gasteiger partial charge in [-0.15, -0.1) is 0 Å². The maximum atomic E-state index is 12.0. The van der Waals surface area contributed by atoms with Crippen LogP contribution in [0.4, 0.5) is 8.78 Å². The summed E-state index contributed by atoms with van der Waals surface area (Å²) in [6, 6.07) is 0. The molecule has 0 spiro atoms. The van der Waals surface area contributed by atoms with Gasteiger partial charge in [0.15, 0.2) is 5.69 Å². The molecule has 2 heterocycles. The number of aromatic amines is 1. The normalized spacial score (nSPS) is 13.2. The average Bonchev–Trinajstić information content (AvgIpc) is 2.85. The van der Waals surface area contributed by atoms with Crippen LogP contribution < -0.4 is 0 Å². The van der Waals surface area contributed by atoms with Gasteiger partial charge in [-0.2, -0.15) is 20.4 Å². The lowest BCUT2D eigenvalue weighted by Crippen LogP contribution is -2.20. The molecule has 86 valence electrons. The molecular formula is C7H7F2N5O2. The van der Waals surface area contributed by atoms with Crippen molar-refractivity contribution < 1.29 is 18.4 Å². The number of nitrogens with one attached hydrogen (secondary N) is 1. The fourth-order valence-electron chi connectivity index (χ4n) is 1.02. The largest absolute Gasteiger partial charge is 0.387 e. The van der Waals surface area contributed by atoms with E-state index in [1.807, 2.05) is 0 Å². The number of aliphatic hydroxyl groups excluding tert-OH is 1. The maximum absolute atomic E-state index is 12.0. The molecule has 1 atom stereocenters. The lowest BCUT2D eigenvalue weighted by atomic mass is 10.2. The van der Waals surface area contributed by atoms with Crippen LogP contribution >= 0.6 is 0 Å². The first-order chi connectivity index (χ1) is 7.66. The zero-order valence-corrected chi connectivity index (χ0v) is 7.84. The van der Waals surface area contributed by atoms with E-state index < -0.39 is 19.0 Å². The summed E-state index contributed by atoms with van der Waals surface area (Å²) < 4.78 is 28.7. The highest BCUT2D eigenvalue weighted by atomic mass is 19.3. The Morgan fingerprint density at radius 2 is 2.31 bits per heavy atom. The smallest absolute Gasteiger partial charge is 0.264 e. The van der Waals surface area contributed by atoms with Gasteiger partial charge in [0.2, 0.25) is 11.7 Å². The molecule has 0 radical (unpaired) electrons. The van der Waals surface area contributed by atoms with E-state index in [1.165, 1.54) is 6.20 Å². The van der Waals surface area contributed by atoms with Crippen LogP contribution in [0.25, 0.3) is 11.5 Å². The molecule has 2 aromatic heterocycles. The molecule has 0 aromatic carbocycles. The van der Waals surface area contributed by atoms with E-state index in [2.05, 4.69) is 30.1 Å². The Labute approximate surface area is 87.5 Å². The molecule has 0 saturated heterocycles. The van der Waals surface area contributed by atoms with Crippen LogP contribution in [0.2, 0.25) is 0 Å². The fourth-order valence-corrected chi connectivity index (χ4v) is 1.02. The Bertz CT molecular complexity index is 443. The van der Waals surface area contributed by atoms with Crippen molar-refractivity contribution in [3.05, 3.63) is 12.1 Å². The summed E-state index contributed by atoms with van der Waals surface area (Å²) in [5, 5.41) is 22.0. The van der Waals surface area contributed by atoms with E-state index in [1.54, 1.807) is 0 Å². The predicted octanol–water partition coefficient (Wildman–Crippen LogP) is 0.0232. The minimum absolute atomic E-state index is 0.0780. The summed E-state index contributed by atoms with van der Waals surface area (Å²) in [4.78, 5) is 3.78. The van der Waals surface area contributed by atoms with E-state index in [-0.39, 0.29) is 11.7 Å². The van der Waals surface area contributed by atoms with Crippen molar-refractivity contribution in [2.45, 2.75) is 19.0 Å². The van der Waals surface area contributed by atoms with Crippen molar-refractivity contribution in [2.24, 2.45) is 0 Å². The fraction of sp³-hybridized carbons (Fsp3) is 0.429. The van der Waals surface area contributed by atoms with Gasteiger partial charge in [-0.3, -0.25) is 0 Å². The third-order valence-corrected chi connectivity index (χ3v) is 1.79. The Balaban J connectivity index is 2.08. The number of halogens is 2. The van der Waals surface area contributed by atoms with E-state index in [0.29, 0.717) is 5.69 Å². The average molecular weight is 231 g/mol. The van der Waals surface area contributed by atoms with Crippen LogP contribution in [-0.2, 0) is 6.42 Å². The van der Waals surface area contributed by atoms with Crippen LogP contribution in [-0.4, -0.2) is 43.2 Å². The SMILES string of the molecule is OC(Cc1nc(-c2cn[nH]n2)no1)C(F)F.